The molecule has 0 aliphatic heterocycles. The van der Waals surface area contributed by atoms with Crippen molar-refractivity contribution < 1.29 is 0 Å². The van der Waals surface area contributed by atoms with E-state index in [2.05, 4.69) is 183 Å². The van der Waals surface area contributed by atoms with Crippen LogP contribution in [0.3, 0.4) is 0 Å². The molecule has 0 aliphatic carbocycles. The molecule has 0 bridgehead atoms. The van der Waals surface area contributed by atoms with Crippen molar-refractivity contribution in [1.82, 2.24) is 4.57 Å². The first-order valence-corrected chi connectivity index (χ1v) is 16.5. The van der Waals surface area contributed by atoms with Gasteiger partial charge in [-0.1, -0.05) is 141 Å². The van der Waals surface area contributed by atoms with Gasteiger partial charge in [-0.15, -0.1) is 0 Å². The lowest BCUT2D eigenvalue weighted by molar-refractivity contribution is 0.636. The highest BCUT2D eigenvalue weighted by Gasteiger charge is 2.25. The van der Waals surface area contributed by atoms with E-state index >= 15 is 0 Å². The second kappa shape index (κ2) is 10.4. The number of aromatic nitrogens is 1. The third-order valence-corrected chi connectivity index (χ3v) is 10.4. The van der Waals surface area contributed by atoms with E-state index in [0.717, 1.165) is 0 Å². The summed E-state index contributed by atoms with van der Waals surface area (Å²) in [6.45, 7) is 6.90. The van der Waals surface area contributed by atoms with Crippen LogP contribution in [0.5, 0.6) is 0 Å². The Morgan fingerprint density at radius 2 is 0.936 bits per heavy atom. The second-order valence-electron chi connectivity index (χ2n) is 13.4. The number of para-hydroxylation sites is 1. The van der Waals surface area contributed by atoms with Crippen molar-refractivity contribution in [3.63, 3.8) is 0 Å². The smallest absolute Gasteiger partial charge is 0.0541 e. The molecule has 0 amide bonds. The fraction of sp³-hybridized carbons (Fsp3) is 0.0870. The molecule has 1 nitrogen and oxygen atoms in total. The monoisotopic (exact) mass is 601 g/mol. The van der Waals surface area contributed by atoms with Crippen molar-refractivity contribution in [2.45, 2.75) is 26.2 Å². The summed E-state index contributed by atoms with van der Waals surface area (Å²) in [5.41, 5.74) is 10.0. The third kappa shape index (κ3) is 4.23. The maximum absolute atomic E-state index is 2.44. The van der Waals surface area contributed by atoms with Gasteiger partial charge in [0.15, 0.2) is 0 Å². The van der Waals surface area contributed by atoms with Crippen molar-refractivity contribution in [1.29, 1.82) is 0 Å². The Balaban J connectivity index is 1.24. The molecular formula is C46H35N. The number of rotatable bonds is 4. The molecule has 0 saturated carbocycles. The number of benzene rings is 8. The van der Waals surface area contributed by atoms with Crippen molar-refractivity contribution >= 4 is 54.1 Å². The summed E-state index contributed by atoms with van der Waals surface area (Å²) in [6, 6.07) is 58.3. The molecular weight excluding hydrogens is 567 g/mol. The molecule has 0 N–H and O–H groups in total. The van der Waals surface area contributed by atoms with Gasteiger partial charge in [-0.3, -0.25) is 0 Å². The molecule has 0 fully saturated rings. The van der Waals surface area contributed by atoms with Crippen LogP contribution in [0.15, 0.2) is 158 Å². The van der Waals surface area contributed by atoms with Crippen LogP contribution in [-0.2, 0) is 5.41 Å². The quantitative estimate of drug-likeness (QED) is 0.177. The summed E-state index contributed by atoms with van der Waals surface area (Å²) < 4.78 is 2.44. The largest absolute Gasteiger partial charge is 0.309 e. The van der Waals surface area contributed by atoms with Gasteiger partial charge in [-0.25, -0.2) is 0 Å². The normalized spacial score (nSPS) is 12.1. The van der Waals surface area contributed by atoms with Gasteiger partial charge in [0.05, 0.1) is 11.0 Å². The van der Waals surface area contributed by atoms with E-state index in [0.29, 0.717) is 0 Å². The Hall–Kier alpha value is -5.66. The first kappa shape index (κ1) is 27.6. The van der Waals surface area contributed by atoms with Crippen LogP contribution >= 0.6 is 0 Å². The second-order valence-corrected chi connectivity index (χ2v) is 13.4. The van der Waals surface area contributed by atoms with E-state index in [1.807, 2.05) is 0 Å². The third-order valence-electron chi connectivity index (χ3n) is 10.4. The lowest BCUT2D eigenvalue weighted by Gasteiger charge is -2.28. The number of aryl methyl sites for hydroxylation is 1. The molecule has 1 heteroatoms. The Labute approximate surface area is 275 Å². The highest BCUT2D eigenvalue weighted by atomic mass is 15.0. The Kier molecular flexibility index (Phi) is 6.14. The number of hydrogen-bond donors (Lipinski definition) is 0. The van der Waals surface area contributed by atoms with Crippen LogP contribution in [-0.4, -0.2) is 4.57 Å². The zero-order valence-corrected chi connectivity index (χ0v) is 27.0. The molecule has 8 aromatic carbocycles. The van der Waals surface area contributed by atoms with E-state index in [9.17, 15) is 0 Å². The first-order valence-electron chi connectivity index (χ1n) is 16.5. The lowest BCUT2D eigenvalue weighted by atomic mass is 9.75. The molecule has 47 heavy (non-hydrogen) atoms. The maximum Gasteiger partial charge on any atom is 0.0541 e. The molecule has 0 saturated heterocycles. The predicted molar refractivity (Wildman–Crippen MR) is 202 cm³/mol. The molecule has 0 radical (unpaired) electrons. The van der Waals surface area contributed by atoms with E-state index < -0.39 is 0 Å². The highest BCUT2D eigenvalue weighted by molar-refractivity contribution is 6.25. The average molecular weight is 602 g/mol. The fourth-order valence-electron chi connectivity index (χ4n) is 7.95. The van der Waals surface area contributed by atoms with Crippen LogP contribution in [0.2, 0.25) is 0 Å². The van der Waals surface area contributed by atoms with Gasteiger partial charge in [0, 0.05) is 21.9 Å². The number of hydrogen-bond acceptors (Lipinski definition) is 0. The summed E-state index contributed by atoms with van der Waals surface area (Å²) in [5.74, 6) is 0. The Morgan fingerprint density at radius 1 is 0.404 bits per heavy atom. The topological polar surface area (TPSA) is 4.93 Å². The van der Waals surface area contributed by atoms with Gasteiger partial charge in [0.2, 0.25) is 0 Å². The van der Waals surface area contributed by atoms with E-state index in [1.165, 1.54) is 87.6 Å². The summed E-state index contributed by atoms with van der Waals surface area (Å²) in [5, 5.41) is 10.3. The molecule has 1 aromatic heterocycles. The summed E-state index contributed by atoms with van der Waals surface area (Å²) >= 11 is 0. The van der Waals surface area contributed by atoms with Crippen molar-refractivity contribution in [2.75, 3.05) is 0 Å². The van der Waals surface area contributed by atoms with Gasteiger partial charge in [0.25, 0.3) is 0 Å². The molecule has 9 rings (SSSR count). The summed E-state index contributed by atoms with van der Waals surface area (Å²) in [4.78, 5) is 0. The molecule has 1 heterocycles. The molecule has 9 aromatic rings. The van der Waals surface area contributed by atoms with Gasteiger partial charge in [0.1, 0.15) is 0 Å². The zero-order chi connectivity index (χ0) is 31.7. The van der Waals surface area contributed by atoms with Crippen LogP contribution in [0, 0.1) is 6.92 Å². The minimum absolute atomic E-state index is 0.104. The Morgan fingerprint density at radius 3 is 1.64 bits per heavy atom. The minimum Gasteiger partial charge on any atom is -0.309 e. The molecule has 0 unspecified atom stereocenters. The SMILES string of the molecule is Cc1ccc(-c2ccc3c(c2)c2ccccc2n3-c2ccc3c4ccccc4c4ccccc4c3c2)cc1C(C)(C)c1ccccc1. The van der Waals surface area contributed by atoms with Crippen molar-refractivity contribution in [2.24, 2.45) is 0 Å². The number of fused-ring (bicyclic) bond motifs is 9. The van der Waals surface area contributed by atoms with Crippen LogP contribution in [0.25, 0.3) is 70.9 Å². The molecule has 0 spiro atoms. The average Bonchev–Trinajstić information content (AvgIpc) is 3.46. The number of nitrogens with zero attached hydrogens (tertiary/aromatic N) is 1. The predicted octanol–water partition coefficient (Wildman–Crippen LogP) is 12.5. The standard InChI is InChI=1S/C46H35N/c1-30-21-22-32(28-43(30)46(2,3)33-13-5-4-6-14-33)31-23-26-45-42(27-31)40-19-11-12-20-44(40)47(45)34-24-25-39-37-17-8-7-15-35(37)36-16-9-10-18-38(36)41(39)29-34/h4-29H,1-3H3. The van der Waals surface area contributed by atoms with Gasteiger partial charge in [-0.05, 0) is 97.4 Å². The van der Waals surface area contributed by atoms with Gasteiger partial charge in [-0.2, -0.15) is 0 Å². The zero-order valence-electron chi connectivity index (χ0n) is 27.0. The minimum atomic E-state index is -0.104. The van der Waals surface area contributed by atoms with Crippen LogP contribution in [0.1, 0.15) is 30.5 Å². The first-order chi connectivity index (χ1) is 23.0. The van der Waals surface area contributed by atoms with Crippen LogP contribution < -0.4 is 0 Å². The van der Waals surface area contributed by atoms with Crippen molar-refractivity contribution in [3.05, 3.63) is 174 Å². The lowest BCUT2D eigenvalue weighted by Crippen LogP contribution is -2.20. The van der Waals surface area contributed by atoms with E-state index in [-0.39, 0.29) is 5.41 Å². The Bertz CT molecular complexity index is 2620. The maximum atomic E-state index is 2.44. The molecule has 224 valence electrons. The van der Waals surface area contributed by atoms with E-state index in [1.54, 1.807) is 0 Å². The summed E-state index contributed by atoms with van der Waals surface area (Å²) in [7, 11) is 0. The van der Waals surface area contributed by atoms with Crippen LogP contribution in [0.4, 0.5) is 0 Å². The highest BCUT2D eigenvalue weighted by Crippen LogP contribution is 2.40. The summed E-state index contributed by atoms with van der Waals surface area (Å²) in [6.07, 6.45) is 0. The molecule has 0 aliphatic rings. The van der Waals surface area contributed by atoms with Gasteiger partial charge >= 0.3 is 0 Å². The van der Waals surface area contributed by atoms with E-state index in [4.69, 9.17) is 0 Å². The fourth-order valence-corrected chi connectivity index (χ4v) is 7.95. The van der Waals surface area contributed by atoms with Gasteiger partial charge < -0.3 is 4.57 Å². The molecule has 0 atom stereocenters. The van der Waals surface area contributed by atoms with Crippen molar-refractivity contribution in [3.8, 4) is 16.8 Å².